The van der Waals surface area contributed by atoms with Gasteiger partial charge in [0, 0.05) is 0 Å². The van der Waals surface area contributed by atoms with Gasteiger partial charge in [-0.2, -0.15) is 0 Å². The maximum atomic E-state index is 2.46. The topological polar surface area (TPSA) is 0 Å². The van der Waals surface area contributed by atoms with Crippen LogP contribution in [0.4, 0.5) is 0 Å². The molecule has 0 N–H and O–H groups in total. The van der Waals surface area contributed by atoms with Crippen molar-refractivity contribution in [3.8, 4) is 0 Å². The molecular weight excluding hydrogens is 313 g/mol. The summed E-state index contributed by atoms with van der Waals surface area (Å²) in [5.74, 6) is 0. The van der Waals surface area contributed by atoms with Crippen LogP contribution in [0.25, 0.3) is 0 Å². The van der Waals surface area contributed by atoms with Gasteiger partial charge in [-0.25, -0.2) is 0 Å². The first-order valence-corrected chi connectivity index (χ1v) is 12.7. The van der Waals surface area contributed by atoms with Crippen LogP contribution in [0.5, 0.6) is 0 Å². The predicted molar refractivity (Wildman–Crippen MR) is 93.9 cm³/mol. The van der Waals surface area contributed by atoms with Crippen LogP contribution < -0.4 is 0 Å². The van der Waals surface area contributed by atoms with E-state index in [1.807, 2.05) is 0 Å². The fraction of sp³-hybridized carbons (Fsp3) is 0.200. The first-order valence-electron chi connectivity index (χ1n) is 7.82. The van der Waals surface area contributed by atoms with E-state index in [1.165, 1.54) is 0 Å². The Bertz CT molecular complexity index is 486. The third-order valence-electron chi connectivity index (χ3n) is 5.30. The van der Waals surface area contributed by atoms with E-state index in [1.54, 1.807) is 0 Å². The molecule has 0 aromatic carbocycles. The second kappa shape index (κ2) is 5.34. The summed E-state index contributed by atoms with van der Waals surface area (Å²) in [5, 5.41) is 0. The molecule has 0 saturated carbocycles. The Labute approximate surface area is 129 Å². The van der Waals surface area contributed by atoms with E-state index in [-0.39, 0.29) is 0 Å². The zero-order valence-electron chi connectivity index (χ0n) is 12.0. The second-order valence-corrected chi connectivity index (χ2v) is 16.0. The molecule has 0 aromatic heterocycles. The molecule has 0 bridgehead atoms. The van der Waals surface area contributed by atoms with Gasteiger partial charge in [0.25, 0.3) is 0 Å². The Balaban J connectivity index is 1.88. The molecule has 0 unspecified atom stereocenters. The first-order chi connectivity index (χ1) is 10.4. The molecule has 4 rings (SSSR count). The molecule has 0 amide bonds. The summed E-state index contributed by atoms with van der Waals surface area (Å²) in [5.41, 5.74) is 0. The number of rotatable bonds is 4. The van der Waals surface area contributed by atoms with Gasteiger partial charge >= 0.3 is 129 Å². The summed E-state index contributed by atoms with van der Waals surface area (Å²) < 4.78 is 2.60. The molecular formula is C20H20Ge. The predicted octanol–water partition coefficient (Wildman–Crippen LogP) is 5.42. The standard InChI is InChI=1S/C20H20Ge/c1-2-10-17(9-1)21(18-11-3-4-12-18,19-13-5-6-14-19)20-15-7-8-16-20/h1-20H. The van der Waals surface area contributed by atoms with E-state index in [2.05, 4.69) is 97.2 Å². The molecule has 4 aliphatic carbocycles. The van der Waals surface area contributed by atoms with Crippen molar-refractivity contribution in [3.05, 3.63) is 97.2 Å². The van der Waals surface area contributed by atoms with Crippen LogP contribution in [0.3, 0.4) is 0 Å². The summed E-state index contributed by atoms with van der Waals surface area (Å²) in [6, 6.07) is 0. The molecule has 104 valence electrons. The van der Waals surface area contributed by atoms with Gasteiger partial charge in [-0.1, -0.05) is 0 Å². The molecule has 0 aliphatic heterocycles. The third kappa shape index (κ3) is 1.97. The van der Waals surface area contributed by atoms with Crippen LogP contribution in [-0.2, 0) is 0 Å². The van der Waals surface area contributed by atoms with Gasteiger partial charge in [0.2, 0.25) is 0 Å². The van der Waals surface area contributed by atoms with E-state index < -0.39 is 13.3 Å². The summed E-state index contributed by atoms with van der Waals surface area (Å²) in [7, 11) is 0. The molecule has 0 aromatic rings. The molecule has 4 aliphatic rings. The molecule has 0 fully saturated rings. The molecule has 0 heterocycles. The Morgan fingerprint density at radius 1 is 0.333 bits per heavy atom. The summed E-state index contributed by atoms with van der Waals surface area (Å²) in [6.45, 7) is 0. The van der Waals surface area contributed by atoms with Crippen molar-refractivity contribution < 1.29 is 0 Å². The van der Waals surface area contributed by atoms with Gasteiger partial charge < -0.3 is 0 Å². The van der Waals surface area contributed by atoms with Crippen LogP contribution >= 0.6 is 0 Å². The van der Waals surface area contributed by atoms with Gasteiger partial charge in [-0.05, 0) is 0 Å². The molecule has 0 spiro atoms. The Morgan fingerprint density at radius 3 is 0.714 bits per heavy atom. The van der Waals surface area contributed by atoms with Gasteiger partial charge in [0.15, 0.2) is 0 Å². The van der Waals surface area contributed by atoms with Crippen LogP contribution in [-0.4, -0.2) is 13.3 Å². The summed E-state index contributed by atoms with van der Waals surface area (Å²) in [4.78, 5) is 0. The zero-order valence-corrected chi connectivity index (χ0v) is 14.1. The monoisotopic (exact) mass is 334 g/mol. The van der Waals surface area contributed by atoms with Crippen LogP contribution in [0.15, 0.2) is 97.2 Å². The fourth-order valence-corrected chi connectivity index (χ4v) is 17.4. The van der Waals surface area contributed by atoms with Crippen molar-refractivity contribution in [2.45, 2.75) is 19.0 Å². The molecule has 21 heavy (non-hydrogen) atoms. The second-order valence-electron chi connectivity index (χ2n) is 6.18. The molecule has 0 radical (unpaired) electrons. The van der Waals surface area contributed by atoms with Crippen LogP contribution in [0, 0.1) is 0 Å². The first kappa shape index (κ1) is 13.1. The van der Waals surface area contributed by atoms with Crippen molar-refractivity contribution in [2.24, 2.45) is 0 Å². The third-order valence-corrected chi connectivity index (χ3v) is 18.2. The fourth-order valence-electron chi connectivity index (χ4n) is 4.39. The van der Waals surface area contributed by atoms with Crippen molar-refractivity contribution in [2.75, 3.05) is 0 Å². The van der Waals surface area contributed by atoms with Crippen molar-refractivity contribution in [3.63, 3.8) is 0 Å². The Morgan fingerprint density at radius 2 is 0.524 bits per heavy atom. The number of allylic oxidation sites excluding steroid dienone is 16. The minimum atomic E-state index is -2.42. The summed E-state index contributed by atoms with van der Waals surface area (Å²) in [6.07, 6.45) is 37.6. The Hall–Kier alpha value is -1.54. The van der Waals surface area contributed by atoms with E-state index in [9.17, 15) is 0 Å². The number of hydrogen-bond donors (Lipinski definition) is 0. The Kier molecular flexibility index (Phi) is 3.35. The minimum absolute atomic E-state index is 0.650. The van der Waals surface area contributed by atoms with E-state index in [0.29, 0.717) is 19.0 Å². The maximum absolute atomic E-state index is 2.46. The molecule has 1 heteroatoms. The quantitative estimate of drug-likeness (QED) is 0.603. The van der Waals surface area contributed by atoms with Crippen molar-refractivity contribution in [1.29, 1.82) is 0 Å². The average molecular weight is 333 g/mol. The number of hydrogen-bond acceptors (Lipinski definition) is 0. The normalized spacial score (nSPS) is 24.8. The van der Waals surface area contributed by atoms with Gasteiger partial charge in [0.05, 0.1) is 0 Å². The van der Waals surface area contributed by atoms with Crippen LogP contribution in [0.1, 0.15) is 0 Å². The molecule has 0 saturated heterocycles. The van der Waals surface area contributed by atoms with Crippen molar-refractivity contribution in [1.82, 2.24) is 0 Å². The van der Waals surface area contributed by atoms with Crippen LogP contribution in [0.2, 0.25) is 19.0 Å². The SMILES string of the molecule is C1=C[CH]([Ge]([CH]2C=CC=C2)([CH]2C=CC=C2)[CH]2C=CC=C2)C=C1. The van der Waals surface area contributed by atoms with E-state index in [4.69, 9.17) is 0 Å². The van der Waals surface area contributed by atoms with Gasteiger partial charge in [-0.15, -0.1) is 0 Å². The summed E-state index contributed by atoms with van der Waals surface area (Å²) >= 11 is -2.42. The average Bonchev–Trinajstić information content (AvgIpc) is 3.32. The van der Waals surface area contributed by atoms with E-state index >= 15 is 0 Å². The van der Waals surface area contributed by atoms with E-state index in [0.717, 1.165) is 0 Å². The van der Waals surface area contributed by atoms with Gasteiger partial charge in [0.1, 0.15) is 0 Å². The van der Waals surface area contributed by atoms with Crippen molar-refractivity contribution >= 4 is 13.3 Å². The van der Waals surface area contributed by atoms with Gasteiger partial charge in [-0.3, -0.25) is 0 Å². The zero-order chi connectivity index (χ0) is 14.1. The molecule has 0 nitrogen and oxygen atoms in total. The molecule has 0 atom stereocenters.